The Morgan fingerprint density at radius 2 is 2.35 bits per heavy atom. The summed E-state index contributed by atoms with van der Waals surface area (Å²) < 4.78 is 0. The largest absolute Gasteiger partial charge is 0.310 e. The lowest BCUT2D eigenvalue weighted by molar-refractivity contribution is -0.117. The lowest BCUT2D eigenvalue weighted by Crippen LogP contribution is -2.37. The van der Waals surface area contributed by atoms with E-state index in [0.29, 0.717) is 5.70 Å². The van der Waals surface area contributed by atoms with Gasteiger partial charge in [0, 0.05) is 18.8 Å². The molecule has 1 aliphatic rings. The number of nitrogens with zero attached hydrogens (tertiary/aromatic N) is 2. The minimum Gasteiger partial charge on any atom is -0.310 e. The first-order valence-corrected chi connectivity index (χ1v) is 5.85. The number of guanidine groups is 1. The molecule has 0 atom stereocenters. The van der Waals surface area contributed by atoms with Crippen molar-refractivity contribution < 1.29 is 9.59 Å². The van der Waals surface area contributed by atoms with Gasteiger partial charge < -0.3 is 4.90 Å². The highest BCUT2D eigenvalue weighted by Crippen LogP contribution is 2.19. The molecule has 17 heavy (non-hydrogen) atoms. The van der Waals surface area contributed by atoms with Gasteiger partial charge in [0.2, 0.25) is 11.9 Å². The number of hydrogen-bond donors (Lipinski definition) is 1. The monoisotopic (exact) mass is 249 g/mol. The number of aliphatic imine (C=N–C) groups is 1. The zero-order valence-corrected chi connectivity index (χ0v) is 10.2. The first-order chi connectivity index (χ1) is 8.08. The van der Waals surface area contributed by atoms with E-state index in [1.807, 2.05) is 17.5 Å². The molecule has 88 valence electrons. The van der Waals surface area contributed by atoms with E-state index in [4.69, 9.17) is 0 Å². The maximum Gasteiger partial charge on any atom is 0.296 e. The fraction of sp³-hybridized carbons (Fsp3) is 0.182. The summed E-state index contributed by atoms with van der Waals surface area (Å²) >= 11 is 1.54. The van der Waals surface area contributed by atoms with E-state index in [2.05, 4.69) is 10.3 Å². The summed E-state index contributed by atoms with van der Waals surface area (Å²) in [6, 6.07) is 3.82. The van der Waals surface area contributed by atoms with Crippen molar-refractivity contribution in [2.75, 3.05) is 7.05 Å². The number of hydrogen-bond acceptors (Lipinski definition) is 4. The highest BCUT2D eigenvalue weighted by atomic mass is 32.1. The van der Waals surface area contributed by atoms with Crippen LogP contribution in [-0.2, 0) is 9.59 Å². The highest BCUT2D eigenvalue weighted by molar-refractivity contribution is 7.10. The number of amides is 2. The summed E-state index contributed by atoms with van der Waals surface area (Å²) in [5.41, 5.74) is 0.455. The van der Waals surface area contributed by atoms with Crippen LogP contribution in [0, 0.1) is 0 Å². The van der Waals surface area contributed by atoms with E-state index in [0.717, 1.165) is 4.88 Å². The van der Waals surface area contributed by atoms with Crippen molar-refractivity contribution in [3.63, 3.8) is 0 Å². The molecule has 0 radical (unpaired) electrons. The lowest BCUT2D eigenvalue weighted by Gasteiger charge is -2.14. The van der Waals surface area contributed by atoms with Crippen LogP contribution in [0.5, 0.6) is 0 Å². The van der Waals surface area contributed by atoms with Crippen LogP contribution in [0.4, 0.5) is 0 Å². The van der Waals surface area contributed by atoms with Crippen molar-refractivity contribution in [3.8, 4) is 0 Å². The van der Waals surface area contributed by atoms with Crippen LogP contribution in [0.15, 0.2) is 28.2 Å². The molecule has 6 heteroatoms. The Bertz CT molecular complexity index is 517. The molecule has 0 saturated heterocycles. The average Bonchev–Trinajstić information content (AvgIpc) is 2.83. The van der Waals surface area contributed by atoms with Crippen LogP contribution in [0.1, 0.15) is 11.8 Å². The summed E-state index contributed by atoms with van der Waals surface area (Å²) in [6.45, 7) is 1.38. The van der Waals surface area contributed by atoms with E-state index < -0.39 is 0 Å². The molecule has 0 saturated carbocycles. The normalized spacial score (nSPS) is 17.5. The molecule has 1 N–H and O–H groups in total. The fourth-order valence-corrected chi connectivity index (χ4v) is 2.07. The molecule has 1 aromatic heterocycles. The quantitative estimate of drug-likeness (QED) is 0.757. The summed E-state index contributed by atoms with van der Waals surface area (Å²) in [6.07, 6.45) is 1.76. The maximum absolute atomic E-state index is 11.7. The topological polar surface area (TPSA) is 61.8 Å². The van der Waals surface area contributed by atoms with E-state index >= 15 is 0 Å². The number of carbonyl (C=O) groups is 2. The SMILES string of the molecule is CC(=O)NC1=NC(=O)C(=Cc2cccs2)N1C. The third-order valence-corrected chi connectivity index (χ3v) is 3.03. The van der Waals surface area contributed by atoms with Gasteiger partial charge in [-0.15, -0.1) is 11.3 Å². The zero-order chi connectivity index (χ0) is 12.4. The molecule has 0 fully saturated rings. The summed E-state index contributed by atoms with van der Waals surface area (Å²) in [7, 11) is 1.69. The van der Waals surface area contributed by atoms with Gasteiger partial charge in [-0.1, -0.05) is 6.07 Å². The van der Waals surface area contributed by atoms with Gasteiger partial charge in [0.05, 0.1) is 0 Å². The number of nitrogens with one attached hydrogen (secondary N) is 1. The van der Waals surface area contributed by atoms with Gasteiger partial charge in [0.1, 0.15) is 5.70 Å². The van der Waals surface area contributed by atoms with Gasteiger partial charge in [-0.05, 0) is 17.5 Å². The van der Waals surface area contributed by atoms with Gasteiger partial charge >= 0.3 is 0 Å². The van der Waals surface area contributed by atoms with Crippen molar-refractivity contribution in [2.45, 2.75) is 6.92 Å². The molecule has 0 spiro atoms. The molecule has 0 aromatic carbocycles. The predicted octanol–water partition coefficient (Wildman–Crippen LogP) is 1.05. The Morgan fingerprint density at radius 1 is 1.59 bits per heavy atom. The third-order valence-electron chi connectivity index (χ3n) is 2.22. The van der Waals surface area contributed by atoms with Crippen LogP contribution in [0.25, 0.3) is 6.08 Å². The third kappa shape index (κ3) is 2.42. The second-order valence-electron chi connectivity index (χ2n) is 3.53. The van der Waals surface area contributed by atoms with Gasteiger partial charge in [0.15, 0.2) is 0 Å². The van der Waals surface area contributed by atoms with Crippen LogP contribution < -0.4 is 5.32 Å². The van der Waals surface area contributed by atoms with Crippen LogP contribution in [-0.4, -0.2) is 29.7 Å². The number of thiophene rings is 1. The smallest absolute Gasteiger partial charge is 0.296 e. The Labute approximate surface area is 102 Å². The van der Waals surface area contributed by atoms with Crippen molar-refractivity contribution in [2.24, 2.45) is 4.99 Å². The minimum atomic E-state index is -0.343. The van der Waals surface area contributed by atoms with Crippen molar-refractivity contribution in [1.82, 2.24) is 10.2 Å². The van der Waals surface area contributed by atoms with Gasteiger partial charge in [-0.25, -0.2) is 0 Å². The van der Waals surface area contributed by atoms with Crippen LogP contribution in [0.2, 0.25) is 0 Å². The van der Waals surface area contributed by atoms with Gasteiger partial charge in [-0.3, -0.25) is 14.9 Å². The Hall–Kier alpha value is -1.95. The molecule has 0 unspecified atom stereocenters. The number of rotatable bonds is 1. The molecule has 0 bridgehead atoms. The minimum absolute atomic E-state index is 0.249. The molecule has 1 aliphatic heterocycles. The molecule has 1 aromatic rings. The molecular weight excluding hydrogens is 238 g/mol. The predicted molar refractivity (Wildman–Crippen MR) is 66.3 cm³/mol. The fourth-order valence-electron chi connectivity index (χ4n) is 1.42. The van der Waals surface area contributed by atoms with Gasteiger partial charge in [0.25, 0.3) is 5.91 Å². The first-order valence-electron chi connectivity index (χ1n) is 4.97. The van der Waals surface area contributed by atoms with E-state index in [1.54, 1.807) is 18.0 Å². The van der Waals surface area contributed by atoms with E-state index in [-0.39, 0.29) is 17.8 Å². The zero-order valence-electron chi connectivity index (χ0n) is 9.43. The summed E-state index contributed by atoms with van der Waals surface area (Å²) in [4.78, 5) is 28.9. The summed E-state index contributed by atoms with van der Waals surface area (Å²) in [5, 5.41) is 4.44. The van der Waals surface area contributed by atoms with Crippen molar-refractivity contribution in [3.05, 3.63) is 28.1 Å². The van der Waals surface area contributed by atoms with E-state index in [9.17, 15) is 9.59 Å². The van der Waals surface area contributed by atoms with Gasteiger partial charge in [-0.2, -0.15) is 4.99 Å². The maximum atomic E-state index is 11.7. The number of likely N-dealkylation sites (N-methyl/N-ethyl adjacent to an activating group) is 1. The number of carbonyl (C=O) groups excluding carboxylic acids is 2. The second-order valence-corrected chi connectivity index (χ2v) is 4.51. The Morgan fingerprint density at radius 3 is 2.94 bits per heavy atom. The lowest BCUT2D eigenvalue weighted by atomic mass is 10.3. The Kier molecular flexibility index (Phi) is 3.06. The van der Waals surface area contributed by atoms with Crippen LogP contribution in [0.3, 0.4) is 0 Å². The second kappa shape index (κ2) is 4.50. The average molecular weight is 249 g/mol. The van der Waals surface area contributed by atoms with Crippen LogP contribution >= 0.6 is 11.3 Å². The van der Waals surface area contributed by atoms with E-state index in [1.165, 1.54) is 18.3 Å². The molecule has 2 rings (SSSR count). The molecule has 2 amide bonds. The Balaban J connectivity index is 2.24. The first kappa shape index (κ1) is 11.5. The summed E-state index contributed by atoms with van der Waals surface area (Å²) in [5.74, 6) is -0.323. The molecule has 0 aliphatic carbocycles. The van der Waals surface area contributed by atoms with Crippen molar-refractivity contribution >= 4 is 35.2 Å². The van der Waals surface area contributed by atoms with Crippen molar-refractivity contribution in [1.29, 1.82) is 0 Å². The standard InChI is InChI=1S/C11H11N3O2S/c1-7(15)12-11-13-10(16)9(14(11)2)6-8-4-3-5-17-8/h3-6H,1-2H3,(H,12,13,15,16). The molecule has 5 nitrogen and oxygen atoms in total. The highest BCUT2D eigenvalue weighted by Gasteiger charge is 2.26. The molecular formula is C11H11N3O2S. The molecule has 2 heterocycles.